The van der Waals surface area contributed by atoms with Crippen molar-refractivity contribution in [1.29, 1.82) is 0 Å². The lowest BCUT2D eigenvalue weighted by Gasteiger charge is -1.98. The molecule has 0 unspecified atom stereocenters. The molecule has 1 aromatic rings. The van der Waals surface area contributed by atoms with Gasteiger partial charge in [-0.25, -0.2) is 4.98 Å². The van der Waals surface area contributed by atoms with E-state index in [9.17, 15) is 0 Å². The molecule has 62 valence electrons. The van der Waals surface area contributed by atoms with Crippen molar-refractivity contribution >= 4 is 28.2 Å². The average Bonchev–Trinajstić information content (AvgIpc) is 2.37. The molecule has 0 spiro atoms. The van der Waals surface area contributed by atoms with Gasteiger partial charge < -0.3 is 5.32 Å². The predicted molar refractivity (Wildman–Crippen MR) is 53.7 cm³/mol. The highest BCUT2D eigenvalue weighted by Gasteiger charge is 1.94. The van der Waals surface area contributed by atoms with Gasteiger partial charge in [0.2, 0.25) is 0 Å². The lowest BCUT2D eigenvalue weighted by Crippen LogP contribution is -2.02. The van der Waals surface area contributed by atoms with E-state index in [4.69, 9.17) is 0 Å². The zero-order valence-corrected chi connectivity index (χ0v) is 8.39. The first-order valence-corrected chi connectivity index (χ1v) is 5.69. The van der Waals surface area contributed by atoms with Gasteiger partial charge in [0.15, 0.2) is 5.13 Å². The van der Waals surface area contributed by atoms with Crippen molar-refractivity contribution in [3.63, 3.8) is 0 Å². The van der Waals surface area contributed by atoms with Crippen LogP contribution in [-0.2, 0) is 0 Å². The molecule has 0 bridgehead atoms. The summed E-state index contributed by atoms with van der Waals surface area (Å²) in [4.78, 5) is 5.45. The second-order valence-electron chi connectivity index (χ2n) is 2.20. The molecule has 0 aromatic carbocycles. The molecule has 11 heavy (non-hydrogen) atoms. The van der Waals surface area contributed by atoms with Crippen molar-refractivity contribution in [2.24, 2.45) is 0 Å². The van der Waals surface area contributed by atoms with Crippen LogP contribution in [0.1, 0.15) is 4.88 Å². The van der Waals surface area contributed by atoms with E-state index >= 15 is 0 Å². The third-order valence-electron chi connectivity index (χ3n) is 1.20. The monoisotopic (exact) mass is 188 g/mol. The fourth-order valence-electron chi connectivity index (χ4n) is 0.696. The van der Waals surface area contributed by atoms with Crippen LogP contribution in [0.15, 0.2) is 6.20 Å². The molecular weight excluding hydrogens is 176 g/mol. The summed E-state index contributed by atoms with van der Waals surface area (Å²) in [5.41, 5.74) is 0. The Labute approximate surface area is 75.4 Å². The van der Waals surface area contributed by atoms with Crippen molar-refractivity contribution < 1.29 is 0 Å². The van der Waals surface area contributed by atoms with Crippen LogP contribution in [0, 0.1) is 6.92 Å². The summed E-state index contributed by atoms with van der Waals surface area (Å²) in [6.45, 7) is 3.07. The molecule has 0 aliphatic carbocycles. The number of nitrogens with one attached hydrogen (secondary N) is 1. The van der Waals surface area contributed by atoms with Crippen LogP contribution < -0.4 is 5.32 Å². The number of nitrogens with zero attached hydrogens (tertiary/aromatic N) is 1. The summed E-state index contributed by atoms with van der Waals surface area (Å²) in [5.74, 6) is 1.14. The van der Waals surface area contributed by atoms with Crippen molar-refractivity contribution in [3.05, 3.63) is 11.1 Å². The minimum Gasteiger partial charge on any atom is -0.361 e. The molecule has 1 N–H and O–H groups in total. The molecule has 2 nitrogen and oxygen atoms in total. The van der Waals surface area contributed by atoms with Crippen molar-refractivity contribution in [1.82, 2.24) is 4.98 Å². The Morgan fingerprint density at radius 2 is 2.55 bits per heavy atom. The molecule has 0 fully saturated rings. The fourth-order valence-corrected chi connectivity index (χ4v) is 1.69. The van der Waals surface area contributed by atoms with Gasteiger partial charge >= 0.3 is 0 Å². The number of hydrogen-bond acceptors (Lipinski definition) is 4. The van der Waals surface area contributed by atoms with Gasteiger partial charge in [-0.2, -0.15) is 11.8 Å². The summed E-state index contributed by atoms with van der Waals surface area (Å²) in [6, 6.07) is 0. The van der Waals surface area contributed by atoms with E-state index in [0.717, 1.165) is 17.4 Å². The van der Waals surface area contributed by atoms with E-state index in [0.29, 0.717) is 0 Å². The Kier molecular flexibility index (Phi) is 3.72. The maximum Gasteiger partial charge on any atom is 0.182 e. The Morgan fingerprint density at radius 1 is 1.73 bits per heavy atom. The second-order valence-corrected chi connectivity index (χ2v) is 4.42. The van der Waals surface area contributed by atoms with Crippen molar-refractivity contribution in [2.45, 2.75) is 6.92 Å². The third kappa shape index (κ3) is 3.12. The largest absolute Gasteiger partial charge is 0.361 e. The van der Waals surface area contributed by atoms with Crippen LogP contribution in [0.2, 0.25) is 0 Å². The van der Waals surface area contributed by atoms with Crippen molar-refractivity contribution in [2.75, 3.05) is 23.9 Å². The highest BCUT2D eigenvalue weighted by molar-refractivity contribution is 7.98. The number of aryl methyl sites for hydroxylation is 1. The van der Waals surface area contributed by atoms with Crippen LogP contribution in [0.4, 0.5) is 5.13 Å². The first-order chi connectivity index (χ1) is 5.33. The van der Waals surface area contributed by atoms with Gasteiger partial charge in [-0.1, -0.05) is 0 Å². The SMILES string of the molecule is CSCCNc1ncc(C)s1. The molecule has 4 heteroatoms. The Bertz CT molecular complexity index is 210. The Hall–Kier alpha value is -0.220. The van der Waals surface area contributed by atoms with Crippen LogP contribution in [-0.4, -0.2) is 23.5 Å². The first kappa shape index (κ1) is 8.87. The highest BCUT2D eigenvalue weighted by Crippen LogP contribution is 2.15. The van der Waals surface area contributed by atoms with Gasteiger partial charge in [0.25, 0.3) is 0 Å². The van der Waals surface area contributed by atoms with Crippen LogP contribution in [0.25, 0.3) is 0 Å². The maximum atomic E-state index is 4.19. The Balaban J connectivity index is 2.27. The maximum absolute atomic E-state index is 4.19. The summed E-state index contributed by atoms with van der Waals surface area (Å²) < 4.78 is 0. The minimum atomic E-state index is 1.01. The normalized spacial score (nSPS) is 10.0. The summed E-state index contributed by atoms with van der Waals surface area (Å²) in [7, 11) is 0. The quantitative estimate of drug-likeness (QED) is 0.733. The number of thiazole rings is 1. The lowest BCUT2D eigenvalue weighted by molar-refractivity contribution is 1.20. The molecule has 0 aliphatic rings. The van der Waals surface area contributed by atoms with Gasteiger partial charge in [0, 0.05) is 23.4 Å². The molecule has 0 amide bonds. The summed E-state index contributed by atoms with van der Waals surface area (Å²) in [5, 5.41) is 4.29. The van der Waals surface area contributed by atoms with Crippen LogP contribution >= 0.6 is 23.1 Å². The molecule has 1 aromatic heterocycles. The van der Waals surface area contributed by atoms with E-state index in [-0.39, 0.29) is 0 Å². The molecule has 0 radical (unpaired) electrons. The van der Waals surface area contributed by atoms with Gasteiger partial charge in [-0.05, 0) is 13.2 Å². The number of hydrogen-bond donors (Lipinski definition) is 1. The average molecular weight is 188 g/mol. The molecule has 1 heterocycles. The number of anilines is 1. The highest BCUT2D eigenvalue weighted by atomic mass is 32.2. The molecule has 0 aliphatic heterocycles. The second kappa shape index (κ2) is 4.62. The first-order valence-electron chi connectivity index (χ1n) is 3.48. The molecule has 0 saturated heterocycles. The predicted octanol–water partition coefficient (Wildman–Crippen LogP) is 2.23. The van der Waals surface area contributed by atoms with Gasteiger partial charge in [0.05, 0.1) is 0 Å². The van der Waals surface area contributed by atoms with Crippen molar-refractivity contribution in [3.8, 4) is 0 Å². The summed E-state index contributed by atoms with van der Waals surface area (Å²) >= 11 is 3.55. The van der Waals surface area contributed by atoms with E-state index in [1.807, 2.05) is 18.0 Å². The Morgan fingerprint density at radius 3 is 3.09 bits per heavy atom. The molecule has 0 atom stereocenters. The number of aromatic nitrogens is 1. The van der Waals surface area contributed by atoms with Gasteiger partial charge in [-0.3, -0.25) is 0 Å². The van der Waals surface area contributed by atoms with Gasteiger partial charge in [0.1, 0.15) is 0 Å². The topological polar surface area (TPSA) is 24.9 Å². The van der Waals surface area contributed by atoms with E-state index in [2.05, 4.69) is 23.5 Å². The zero-order chi connectivity index (χ0) is 8.10. The minimum absolute atomic E-state index is 1.01. The van der Waals surface area contributed by atoms with E-state index < -0.39 is 0 Å². The van der Waals surface area contributed by atoms with E-state index in [1.165, 1.54) is 4.88 Å². The number of thioether (sulfide) groups is 1. The molecule has 1 rings (SSSR count). The third-order valence-corrected chi connectivity index (χ3v) is 2.69. The van der Waals surface area contributed by atoms with E-state index in [1.54, 1.807) is 11.3 Å². The summed E-state index contributed by atoms with van der Waals surface area (Å²) in [6.07, 6.45) is 4.00. The van der Waals surface area contributed by atoms with Crippen LogP contribution in [0.3, 0.4) is 0 Å². The lowest BCUT2D eigenvalue weighted by atomic mass is 10.6. The smallest absolute Gasteiger partial charge is 0.182 e. The fraction of sp³-hybridized carbons (Fsp3) is 0.571. The molecular formula is C7H12N2S2. The zero-order valence-electron chi connectivity index (χ0n) is 6.76. The standard InChI is InChI=1S/C7H12N2S2/c1-6-5-9-7(11-6)8-3-4-10-2/h5H,3-4H2,1-2H3,(H,8,9). The number of rotatable bonds is 4. The van der Waals surface area contributed by atoms with Gasteiger partial charge in [-0.15, -0.1) is 11.3 Å². The molecule has 0 saturated carbocycles. The van der Waals surface area contributed by atoms with Crippen LogP contribution in [0.5, 0.6) is 0 Å².